The first-order valence-electron chi connectivity index (χ1n) is 9.57. The van der Waals surface area contributed by atoms with Crippen molar-refractivity contribution in [3.63, 3.8) is 0 Å². The minimum Gasteiger partial charge on any atom is -0.369 e. The first-order chi connectivity index (χ1) is 12.9. The lowest BCUT2D eigenvalue weighted by Crippen LogP contribution is -2.41. The lowest BCUT2D eigenvalue weighted by molar-refractivity contribution is -0.0380. The Hall–Kier alpha value is -2.12. The van der Waals surface area contributed by atoms with Gasteiger partial charge >= 0.3 is 0 Å². The summed E-state index contributed by atoms with van der Waals surface area (Å²) in [5.74, 6) is 2.00. The van der Waals surface area contributed by atoms with Gasteiger partial charge in [-0.25, -0.2) is 15.0 Å². The summed E-state index contributed by atoms with van der Waals surface area (Å²) < 4.78 is 5.99. The monoisotopic (exact) mass is 354 g/mol. The van der Waals surface area contributed by atoms with Gasteiger partial charge in [0.1, 0.15) is 6.10 Å². The molecule has 7 nitrogen and oxygen atoms in total. The first-order valence-corrected chi connectivity index (χ1v) is 9.57. The summed E-state index contributed by atoms with van der Waals surface area (Å²) in [4.78, 5) is 19.8. The second-order valence-corrected chi connectivity index (χ2v) is 7.15. The molecule has 0 spiro atoms. The summed E-state index contributed by atoms with van der Waals surface area (Å²) in [5.41, 5.74) is 0.860. The van der Waals surface area contributed by atoms with Crippen molar-refractivity contribution in [1.29, 1.82) is 0 Å². The highest BCUT2D eigenvalue weighted by Crippen LogP contribution is 2.27. The maximum Gasteiger partial charge on any atom is 0.228 e. The van der Waals surface area contributed by atoms with Crippen LogP contribution in [0.15, 0.2) is 30.9 Å². The molecule has 26 heavy (non-hydrogen) atoms. The first kappa shape index (κ1) is 17.3. The molecule has 1 N–H and O–H groups in total. The van der Waals surface area contributed by atoms with Crippen molar-refractivity contribution >= 4 is 11.8 Å². The highest BCUT2D eigenvalue weighted by Gasteiger charge is 2.26. The van der Waals surface area contributed by atoms with Gasteiger partial charge in [0.05, 0.1) is 24.7 Å². The van der Waals surface area contributed by atoms with Crippen LogP contribution in [0, 0.1) is 5.92 Å². The van der Waals surface area contributed by atoms with E-state index in [4.69, 9.17) is 4.74 Å². The van der Waals surface area contributed by atoms with E-state index in [1.54, 1.807) is 30.9 Å². The molecule has 1 atom stereocenters. The molecule has 1 aliphatic heterocycles. The fraction of sp³-hybridized carbons (Fsp3) is 0.579. The van der Waals surface area contributed by atoms with Crippen LogP contribution in [-0.2, 0) is 4.74 Å². The van der Waals surface area contributed by atoms with Crippen LogP contribution in [0.2, 0.25) is 0 Å². The van der Waals surface area contributed by atoms with Crippen LogP contribution in [0.25, 0.3) is 0 Å². The van der Waals surface area contributed by atoms with E-state index in [0.717, 1.165) is 31.3 Å². The van der Waals surface area contributed by atoms with E-state index in [9.17, 15) is 0 Å². The molecular weight excluding hydrogens is 328 g/mol. The zero-order valence-electron chi connectivity index (χ0n) is 15.0. The Balaban J connectivity index is 1.39. The number of morpholine rings is 1. The van der Waals surface area contributed by atoms with E-state index in [2.05, 4.69) is 30.2 Å². The molecule has 0 bridgehead atoms. The number of aromatic nitrogens is 4. The number of hydrogen-bond donors (Lipinski definition) is 1. The van der Waals surface area contributed by atoms with Gasteiger partial charge in [0.25, 0.3) is 0 Å². The van der Waals surface area contributed by atoms with E-state index in [-0.39, 0.29) is 6.10 Å². The van der Waals surface area contributed by atoms with Gasteiger partial charge in [-0.3, -0.25) is 9.88 Å². The fourth-order valence-electron chi connectivity index (χ4n) is 3.86. The summed E-state index contributed by atoms with van der Waals surface area (Å²) in [5, 5.41) is 3.10. The Bertz CT molecular complexity index is 691. The Morgan fingerprint density at radius 2 is 1.96 bits per heavy atom. The molecule has 2 aromatic heterocycles. The second kappa shape index (κ2) is 8.51. The number of nitrogens with zero attached hydrogens (tertiary/aromatic N) is 5. The third kappa shape index (κ3) is 4.53. The summed E-state index contributed by atoms with van der Waals surface area (Å²) in [6.07, 6.45) is 13.8. The van der Waals surface area contributed by atoms with E-state index >= 15 is 0 Å². The molecule has 2 aromatic rings. The zero-order chi connectivity index (χ0) is 17.6. The van der Waals surface area contributed by atoms with Gasteiger partial charge < -0.3 is 10.1 Å². The van der Waals surface area contributed by atoms with Gasteiger partial charge in [-0.15, -0.1) is 0 Å². The van der Waals surface area contributed by atoms with E-state index in [1.807, 2.05) is 0 Å². The Morgan fingerprint density at radius 3 is 2.81 bits per heavy atom. The number of anilines is 2. The van der Waals surface area contributed by atoms with E-state index in [0.29, 0.717) is 11.8 Å². The Labute approximate surface area is 154 Å². The summed E-state index contributed by atoms with van der Waals surface area (Å²) in [6, 6.07) is 1.78. The normalized spacial score (nSPS) is 22.2. The van der Waals surface area contributed by atoms with Gasteiger partial charge in [-0.05, 0) is 24.8 Å². The molecule has 0 radical (unpaired) electrons. The van der Waals surface area contributed by atoms with Crippen LogP contribution in [0.5, 0.6) is 0 Å². The van der Waals surface area contributed by atoms with Crippen molar-refractivity contribution < 1.29 is 4.74 Å². The number of rotatable bonds is 5. The van der Waals surface area contributed by atoms with Crippen molar-refractivity contribution in [2.75, 3.05) is 31.6 Å². The molecular formula is C19H26N6O. The molecule has 2 fully saturated rings. The van der Waals surface area contributed by atoms with Gasteiger partial charge in [0, 0.05) is 32.0 Å². The molecule has 0 aromatic carbocycles. The maximum absolute atomic E-state index is 5.99. The topological polar surface area (TPSA) is 76.1 Å². The predicted molar refractivity (Wildman–Crippen MR) is 99.1 cm³/mol. The highest BCUT2D eigenvalue weighted by molar-refractivity contribution is 5.45. The molecule has 4 rings (SSSR count). The maximum atomic E-state index is 5.99. The van der Waals surface area contributed by atoms with Crippen molar-refractivity contribution in [2.24, 2.45) is 5.92 Å². The minimum absolute atomic E-state index is 0.0294. The van der Waals surface area contributed by atoms with Gasteiger partial charge in [-0.1, -0.05) is 19.3 Å². The van der Waals surface area contributed by atoms with Crippen molar-refractivity contribution in [2.45, 2.75) is 38.2 Å². The van der Waals surface area contributed by atoms with Crippen LogP contribution in [0.3, 0.4) is 0 Å². The molecule has 3 heterocycles. The average molecular weight is 354 g/mol. The van der Waals surface area contributed by atoms with Crippen LogP contribution in [0.4, 0.5) is 11.8 Å². The Morgan fingerprint density at radius 1 is 1.12 bits per heavy atom. The third-order valence-corrected chi connectivity index (χ3v) is 5.18. The smallest absolute Gasteiger partial charge is 0.228 e. The molecule has 1 saturated carbocycles. The number of nitrogens with one attached hydrogen (secondary N) is 1. The summed E-state index contributed by atoms with van der Waals surface area (Å²) in [6.45, 7) is 3.83. The molecule has 138 valence electrons. The fourth-order valence-corrected chi connectivity index (χ4v) is 3.86. The lowest BCUT2D eigenvalue weighted by Gasteiger charge is -2.35. The van der Waals surface area contributed by atoms with Crippen molar-refractivity contribution in [3.05, 3.63) is 36.5 Å². The highest BCUT2D eigenvalue weighted by atomic mass is 16.5. The number of hydrogen-bond acceptors (Lipinski definition) is 7. The van der Waals surface area contributed by atoms with E-state index < -0.39 is 0 Å². The lowest BCUT2D eigenvalue weighted by atomic mass is 9.89. The van der Waals surface area contributed by atoms with Gasteiger partial charge in [0.15, 0.2) is 5.82 Å². The number of ether oxygens (including phenoxy) is 1. The molecule has 1 aliphatic carbocycles. The van der Waals surface area contributed by atoms with Crippen LogP contribution in [0.1, 0.15) is 43.9 Å². The summed E-state index contributed by atoms with van der Waals surface area (Å²) >= 11 is 0. The third-order valence-electron chi connectivity index (χ3n) is 5.18. The standard InChI is InChI=1S/C19H26N6O/c1-2-5-15(6-3-1)13-25-9-10-26-17(14-25)16-11-20-12-18(23-16)24-19-21-7-4-8-22-19/h4,7-8,11-12,15,17H,1-3,5-6,9-10,13-14H2,(H,21,22,23,24). The Kier molecular flexibility index (Phi) is 5.66. The summed E-state index contributed by atoms with van der Waals surface area (Å²) in [7, 11) is 0. The molecule has 2 aliphatic rings. The van der Waals surface area contributed by atoms with Gasteiger partial charge in [0.2, 0.25) is 5.95 Å². The largest absolute Gasteiger partial charge is 0.369 e. The van der Waals surface area contributed by atoms with Crippen molar-refractivity contribution in [3.8, 4) is 0 Å². The quantitative estimate of drug-likeness (QED) is 0.884. The minimum atomic E-state index is -0.0294. The van der Waals surface area contributed by atoms with Gasteiger partial charge in [-0.2, -0.15) is 0 Å². The average Bonchev–Trinajstić information content (AvgIpc) is 2.70. The zero-order valence-corrected chi connectivity index (χ0v) is 15.0. The molecule has 7 heteroatoms. The predicted octanol–water partition coefficient (Wildman–Crippen LogP) is 2.96. The second-order valence-electron chi connectivity index (χ2n) is 7.15. The van der Waals surface area contributed by atoms with Crippen molar-refractivity contribution in [1.82, 2.24) is 24.8 Å². The van der Waals surface area contributed by atoms with Crippen LogP contribution >= 0.6 is 0 Å². The van der Waals surface area contributed by atoms with Crippen LogP contribution < -0.4 is 5.32 Å². The molecule has 1 saturated heterocycles. The SMILES string of the molecule is c1cnc(Nc2cncc(C3CN(CC4CCCCC4)CCO3)n2)nc1. The van der Waals surface area contributed by atoms with E-state index in [1.165, 1.54) is 38.6 Å². The van der Waals surface area contributed by atoms with Crippen LogP contribution in [-0.4, -0.2) is 51.1 Å². The molecule has 1 unspecified atom stereocenters. The molecule has 0 amide bonds.